The summed E-state index contributed by atoms with van der Waals surface area (Å²) in [4.78, 5) is 12.0. The summed E-state index contributed by atoms with van der Waals surface area (Å²) in [6.45, 7) is 2.55. The minimum Gasteiger partial charge on any atom is -0.320 e. The molecule has 0 aromatic heterocycles. The lowest BCUT2D eigenvalue weighted by Crippen LogP contribution is -2.24. The van der Waals surface area contributed by atoms with Crippen molar-refractivity contribution in [1.29, 1.82) is 0 Å². The van der Waals surface area contributed by atoms with E-state index in [0.29, 0.717) is 6.54 Å². The second-order valence-electron chi connectivity index (χ2n) is 2.39. The zero-order chi connectivity index (χ0) is 7.82. The summed E-state index contributed by atoms with van der Waals surface area (Å²) in [5, 5.41) is 3.05. The Labute approximate surface area is 62.4 Å². The Bertz CT molecular complexity index is 85.7. The van der Waals surface area contributed by atoms with Crippen LogP contribution in [0.15, 0.2) is 0 Å². The Hall–Kier alpha value is -0.410. The summed E-state index contributed by atoms with van der Waals surface area (Å²) >= 11 is 0. The lowest BCUT2D eigenvalue weighted by molar-refractivity contribution is -0.108. The molecule has 0 aliphatic rings. The van der Waals surface area contributed by atoms with E-state index < -0.39 is 0 Å². The molecule has 0 heterocycles. The highest BCUT2D eigenvalue weighted by Gasteiger charge is 1.93. The van der Waals surface area contributed by atoms with E-state index in [-0.39, 0.29) is 0 Å². The molecule has 0 unspecified atom stereocenters. The molecule has 0 rings (SSSR count). The van der Waals surface area contributed by atoms with Crippen LogP contribution in [0.4, 0.5) is 0 Å². The van der Waals surface area contributed by atoms with Gasteiger partial charge in [0.15, 0.2) is 0 Å². The van der Waals surface area contributed by atoms with Crippen molar-refractivity contribution in [3.05, 3.63) is 0 Å². The molecule has 0 aromatic carbocycles. The first-order chi connectivity index (χ1) is 4.81. The summed E-state index contributed by atoms with van der Waals surface area (Å²) in [7, 11) is 3.88. The number of hydrogen-bond acceptors (Lipinski definition) is 3. The Morgan fingerprint density at radius 2 is 2.30 bits per heavy atom. The van der Waals surface area contributed by atoms with Crippen LogP contribution in [-0.4, -0.2) is 44.9 Å². The molecule has 0 amide bonds. The van der Waals surface area contributed by atoms with Crippen molar-refractivity contribution in [2.24, 2.45) is 0 Å². The van der Waals surface area contributed by atoms with Gasteiger partial charge >= 0.3 is 0 Å². The number of aldehydes is 1. The van der Waals surface area contributed by atoms with Gasteiger partial charge in [-0.3, -0.25) is 4.90 Å². The highest BCUT2D eigenvalue weighted by atomic mass is 16.1. The predicted octanol–water partition coefficient (Wildman–Crippen LogP) is -0.273. The molecule has 60 valence electrons. The molecule has 0 aliphatic carbocycles. The van der Waals surface area contributed by atoms with Gasteiger partial charge in [-0.15, -0.1) is 0 Å². The van der Waals surface area contributed by atoms with E-state index in [2.05, 4.69) is 5.32 Å². The van der Waals surface area contributed by atoms with Crippen molar-refractivity contribution < 1.29 is 4.79 Å². The van der Waals surface area contributed by atoms with Crippen LogP contribution >= 0.6 is 0 Å². The molecule has 0 aliphatic heterocycles. The van der Waals surface area contributed by atoms with E-state index in [1.54, 1.807) is 0 Å². The molecule has 0 saturated carbocycles. The average molecular weight is 144 g/mol. The quantitative estimate of drug-likeness (QED) is 0.411. The Kier molecular flexibility index (Phi) is 6.43. The smallest absolute Gasteiger partial charge is 0.133 e. The fourth-order valence-corrected chi connectivity index (χ4v) is 0.744. The summed E-state index contributed by atoms with van der Waals surface area (Å²) in [6, 6.07) is 0. The first-order valence-corrected chi connectivity index (χ1v) is 3.58. The largest absolute Gasteiger partial charge is 0.320 e. The standard InChI is InChI=1S/C7H16N2O/c1-8-4-3-5-9(2)6-7-10/h7-8H,3-6H2,1-2H3. The highest BCUT2D eigenvalue weighted by molar-refractivity contribution is 5.51. The second-order valence-corrected chi connectivity index (χ2v) is 2.39. The molecule has 0 fully saturated rings. The summed E-state index contributed by atoms with van der Waals surface area (Å²) in [5.41, 5.74) is 0. The van der Waals surface area contributed by atoms with E-state index in [0.717, 1.165) is 25.8 Å². The molecule has 0 aromatic rings. The van der Waals surface area contributed by atoms with Gasteiger partial charge in [0.1, 0.15) is 6.29 Å². The van der Waals surface area contributed by atoms with Crippen molar-refractivity contribution >= 4 is 6.29 Å². The van der Waals surface area contributed by atoms with E-state index in [9.17, 15) is 4.79 Å². The topological polar surface area (TPSA) is 32.3 Å². The number of rotatable bonds is 6. The van der Waals surface area contributed by atoms with Crippen LogP contribution in [0.3, 0.4) is 0 Å². The first-order valence-electron chi connectivity index (χ1n) is 3.58. The molecular weight excluding hydrogens is 128 g/mol. The Balaban J connectivity index is 3.04. The molecule has 0 bridgehead atoms. The molecule has 0 atom stereocenters. The maximum absolute atomic E-state index is 9.99. The molecule has 0 saturated heterocycles. The number of likely N-dealkylation sites (N-methyl/N-ethyl adjacent to an activating group) is 1. The zero-order valence-electron chi connectivity index (χ0n) is 6.76. The van der Waals surface area contributed by atoms with Crippen LogP contribution in [0.1, 0.15) is 6.42 Å². The monoisotopic (exact) mass is 144 g/mol. The SMILES string of the molecule is CNCCCN(C)CC=O. The van der Waals surface area contributed by atoms with Crippen LogP contribution in [0, 0.1) is 0 Å². The van der Waals surface area contributed by atoms with Crippen LogP contribution in [0.25, 0.3) is 0 Å². The molecule has 3 heteroatoms. The zero-order valence-corrected chi connectivity index (χ0v) is 6.76. The van der Waals surface area contributed by atoms with Gasteiger partial charge in [0, 0.05) is 0 Å². The van der Waals surface area contributed by atoms with E-state index in [4.69, 9.17) is 0 Å². The van der Waals surface area contributed by atoms with E-state index in [1.165, 1.54) is 0 Å². The van der Waals surface area contributed by atoms with Gasteiger partial charge in [-0.25, -0.2) is 0 Å². The third-order valence-corrected chi connectivity index (χ3v) is 1.35. The van der Waals surface area contributed by atoms with Crippen molar-refractivity contribution in [2.45, 2.75) is 6.42 Å². The van der Waals surface area contributed by atoms with Gasteiger partial charge in [-0.05, 0) is 33.6 Å². The minimum absolute atomic E-state index is 0.545. The third kappa shape index (κ3) is 5.72. The van der Waals surface area contributed by atoms with Gasteiger partial charge in [0.25, 0.3) is 0 Å². The molecule has 0 spiro atoms. The number of carbonyl (C=O) groups excluding carboxylic acids is 1. The van der Waals surface area contributed by atoms with Gasteiger partial charge in [0.2, 0.25) is 0 Å². The first kappa shape index (κ1) is 9.59. The van der Waals surface area contributed by atoms with Crippen molar-refractivity contribution in [1.82, 2.24) is 10.2 Å². The van der Waals surface area contributed by atoms with Crippen LogP contribution in [-0.2, 0) is 4.79 Å². The van der Waals surface area contributed by atoms with Crippen LogP contribution < -0.4 is 5.32 Å². The number of hydrogen-bond donors (Lipinski definition) is 1. The molecule has 1 N–H and O–H groups in total. The maximum atomic E-state index is 9.99. The van der Waals surface area contributed by atoms with Gasteiger partial charge < -0.3 is 10.1 Å². The van der Waals surface area contributed by atoms with Gasteiger partial charge in [-0.1, -0.05) is 0 Å². The van der Waals surface area contributed by atoms with E-state index in [1.807, 2.05) is 19.0 Å². The third-order valence-electron chi connectivity index (χ3n) is 1.35. The molecular formula is C7H16N2O. The molecule has 10 heavy (non-hydrogen) atoms. The summed E-state index contributed by atoms with van der Waals surface area (Å²) in [6.07, 6.45) is 2.03. The van der Waals surface area contributed by atoms with Crippen LogP contribution in [0.5, 0.6) is 0 Å². The second kappa shape index (κ2) is 6.71. The highest BCUT2D eigenvalue weighted by Crippen LogP contribution is 1.82. The van der Waals surface area contributed by atoms with Crippen molar-refractivity contribution in [3.63, 3.8) is 0 Å². The van der Waals surface area contributed by atoms with Crippen molar-refractivity contribution in [3.8, 4) is 0 Å². The van der Waals surface area contributed by atoms with Gasteiger partial charge in [-0.2, -0.15) is 0 Å². The predicted molar refractivity (Wildman–Crippen MR) is 42.1 cm³/mol. The Morgan fingerprint density at radius 1 is 1.60 bits per heavy atom. The number of nitrogens with one attached hydrogen (secondary N) is 1. The number of nitrogens with zero attached hydrogens (tertiary/aromatic N) is 1. The van der Waals surface area contributed by atoms with Crippen LogP contribution in [0.2, 0.25) is 0 Å². The lowest BCUT2D eigenvalue weighted by Gasteiger charge is -2.11. The molecule has 3 nitrogen and oxygen atoms in total. The maximum Gasteiger partial charge on any atom is 0.133 e. The lowest BCUT2D eigenvalue weighted by atomic mass is 10.4. The Morgan fingerprint density at radius 3 is 2.80 bits per heavy atom. The minimum atomic E-state index is 0.545. The van der Waals surface area contributed by atoms with E-state index >= 15 is 0 Å². The average Bonchev–Trinajstić information content (AvgIpc) is 1.89. The fraction of sp³-hybridized carbons (Fsp3) is 0.857. The molecule has 0 radical (unpaired) electrons. The van der Waals surface area contributed by atoms with Gasteiger partial charge in [0.05, 0.1) is 6.54 Å². The normalized spacial score (nSPS) is 10.3. The summed E-state index contributed by atoms with van der Waals surface area (Å²) in [5.74, 6) is 0. The fourth-order valence-electron chi connectivity index (χ4n) is 0.744. The summed E-state index contributed by atoms with van der Waals surface area (Å²) < 4.78 is 0. The van der Waals surface area contributed by atoms with Crippen molar-refractivity contribution in [2.75, 3.05) is 33.7 Å². The number of carbonyl (C=O) groups is 1.